The van der Waals surface area contributed by atoms with Gasteiger partial charge in [-0.3, -0.25) is 0 Å². The van der Waals surface area contributed by atoms with Crippen molar-refractivity contribution in [1.29, 1.82) is 0 Å². The number of hydrogen-bond acceptors (Lipinski definition) is 4. The molecular formula is C13H22Cl2N4. The predicted molar refractivity (Wildman–Crippen MR) is 83.8 cm³/mol. The van der Waals surface area contributed by atoms with Crippen LogP contribution in [-0.2, 0) is 0 Å². The lowest BCUT2D eigenvalue weighted by Gasteiger charge is -2.17. The van der Waals surface area contributed by atoms with E-state index in [-0.39, 0.29) is 0 Å². The normalized spacial score (nSPS) is 12.6. The molecule has 4 nitrogen and oxygen atoms in total. The number of nitrogens with zero attached hydrogens (tertiary/aromatic N) is 1. The molecule has 0 amide bonds. The van der Waals surface area contributed by atoms with Crippen molar-refractivity contribution < 1.29 is 0 Å². The predicted octanol–water partition coefficient (Wildman–Crippen LogP) is 4.30. The van der Waals surface area contributed by atoms with Crippen LogP contribution in [0.4, 0.5) is 11.6 Å². The van der Waals surface area contributed by atoms with Crippen LogP contribution in [0, 0.1) is 5.92 Å². The number of rotatable bonds is 7. The third kappa shape index (κ3) is 5.43. The van der Waals surface area contributed by atoms with Crippen molar-refractivity contribution in [3.8, 4) is 0 Å². The third-order valence-corrected chi connectivity index (χ3v) is 3.44. The van der Waals surface area contributed by atoms with E-state index in [1.54, 1.807) is 6.07 Å². The number of nitrogens with two attached hydrogens (primary N) is 1. The minimum absolute atomic E-state index is 0.301. The van der Waals surface area contributed by atoms with Gasteiger partial charge < -0.3 is 10.7 Å². The molecule has 0 radical (unpaired) electrons. The van der Waals surface area contributed by atoms with Crippen LogP contribution in [-0.4, -0.2) is 11.0 Å². The van der Waals surface area contributed by atoms with Gasteiger partial charge in [-0.15, -0.1) is 0 Å². The van der Waals surface area contributed by atoms with E-state index in [0.29, 0.717) is 27.7 Å². The summed E-state index contributed by atoms with van der Waals surface area (Å²) in [4.78, 5) is 4.26. The summed E-state index contributed by atoms with van der Waals surface area (Å²) in [5.41, 5.74) is 2.45. The number of nitrogen functional groups attached to an aromatic ring is 1. The second kappa shape index (κ2) is 7.78. The van der Waals surface area contributed by atoms with Gasteiger partial charge in [0.1, 0.15) is 5.82 Å². The van der Waals surface area contributed by atoms with Gasteiger partial charge in [0.2, 0.25) is 0 Å². The van der Waals surface area contributed by atoms with Crippen molar-refractivity contribution >= 4 is 34.8 Å². The third-order valence-electron chi connectivity index (χ3n) is 2.87. The van der Waals surface area contributed by atoms with Crippen LogP contribution in [0.2, 0.25) is 10.0 Å². The number of anilines is 2. The van der Waals surface area contributed by atoms with E-state index in [4.69, 9.17) is 29.0 Å². The van der Waals surface area contributed by atoms with Gasteiger partial charge in [0, 0.05) is 6.04 Å². The lowest BCUT2D eigenvalue weighted by Crippen LogP contribution is -2.18. The molecule has 0 saturated carbocycles. The quantitative estimate of drug-likeness (QED) is 0.519. The second-order valence-electron chi connectivity index (χ2n) is 5.16. The fraction of sp³-hybridized carbons (Fsp3) is 0.615. The summed E-state index contributed by atoms with van der Waals surface area (Å²) in [5, 5.41) is 4.20. The van der Waals surface area contributed by atoms with Crippen LogP contribution in [0.5, 0.6) is 0 Å². The van der Waals surface area contributed by atoms with Gasteiger partial charge in [0.25, 0.3) is 0 Å². The molecule has 19 heavy (non-hydrogen) atoms. The van der Waals surface area contributed by atoms with Gasteiger partial charge in [-0.1, -0.05) is 49.9 Å². The van der Waals surface area contributed by atoms with Crippen molar-refractivity contribution in [2.75, 3.05) is 10.7 Å². The lowest BCUT2D eigenvalue weighted by molar-refractivity contribution is 0.520. The van der Waals surface area contributed by atoms with Crippen molar-refractivity contribution in [2.45, 2.75) is 46.1 Å². The van der Waals surface area contributed by atoms with Crippen molar-refractivity contribution in [2.24, 2.45) is 11.8 Å². The Morgan fingerprint density at radius 1 is 1.16 bits per heavy atom. The SMILES string of the molecule is CC(C)CCCC(C)Nc1nc(NN)c(Cl)cc1Cl. The highest BCUT2D eigenvalue weighted by molar-refractivity contribution is 6.37. The van der Waals surface area contributed by atoms with E-state index in [2.05, 4.69) is 36.5 Å². The lowest BCUT2D eigenvalue weighted by atomic mass is 10.0. The summed E-state index contributed by atoms with van der Waals surface area (Å²) >= 11 is 12.0. The maximum Gasteiger partial charge on any atom is 0.161 e. The summed E-state index contributed by atoms with van der Waals surface area (Å²) in [6.07, 6.45) is 3.48. The Labute approximate surface area is 125 Å². The largest absolute Gasteiger partial charge is 0.366 e. The van der Waals surface area contributed by atoms with Crippen LogP contribution >= 0.6 is 23.2 Å². The molecule has 0 fully saturated rings. The first-order valence-corrected chi connectivity index (χ1v) is 7.28. The summed E-state index contributed by atoms with van der Waals surface area (Å²) in [5.74, 6) is 7.11. The molecule has 108 valence electrons. The minimum atomic E-state index is 0.301. The van der Waals surface area contributed by atoms with Gasteiger partial charge in [0.15, 0.2) is 5.82 Å². The van der Waals surface area contributed by atoms with Gasteiger partial charge in [0.05, 0.1) is 10.0 Å². The highest BCUT2D eigenvalue weighted by atomic mass is 35.5. The molecule has 1 aromatic rings. The molecule has 0 aromatic carbocycles. The zero-order valence-electron chi connectivity index (χ0n) is 11.6. The first-order chi connectivity index (χ1) is 8.93. The van der Waals surface area contributed by atoms with E-state index in [9.17, 15) is 0 Å². The van der Waals surface area contributed by atoms with E-state index < -0.39 is 0 Å². The summed E-state index contributed by atoms with van der Waals surface area (Å²) < 4.78 is 0. The van der Waals surface area contributed by atoms with Crippen molar-refractivity contribution in [3.63, 3.8) is 0 Å². The number of halogens is 2. The second-order valence-corrected chi connectivity index (χ2v) is 5.98. The topological polar surface area (TPSA) is 63.0 Å². The van der Waals surface area contributed by atoms with Gasteiger partial charge >= 0.3 is 0 Å². The number of hydrogen-bond donors (Lipinski definition) is 3. The highest BCUT2D eigenvalue weighted by Gasteiger charge is 2.11. The first-order valence-electron chi connectivity index (χ1n) is 6.53. The molecule has 0 aliphatic rings. The van der Waals surface area contributed by atoms with Gasteiger partial charge in [-0.2, -0.15) is 0 Å². The molecule has 0 spiro atoms. The Kier molecular flexibility index (Phi) is 6.69. The molecule has 0 aliphatic heterocycles. The zero-order valence-corrected chi connectivity index (χ0v) is 13.1. The average Bonchev–Trinajstić information content (AvgIpc) is 2.32. The van der Waals surface area contributed by atoms with Crippen molar-refractivity contribution in [3.05, 3.63) is 16.1 Å². The zero-order chi connectivity index (χ0) is 14.4. The van der Waals surface area contributed by atoms with E-state index in [0.717, 1.165) is 12.3 Å². The molecule has 0 aliphatic carbocycles. The molecule has 1 heterocycles. The molecule has 1 rings (SSSR count). The Hall–Kier alpha value is -0.710. The van der Waals surface area contributed by atoms with Crippen LogP contribution in [0.15, 0.2) is 6.07 Å². The average molecular weight is 305 g/mol. The smallest absolute Gasteiger partial charge is 0.161 e. The Bertz CT molecular complexity index is 410. The molecule has 1 aromatic heterocycles. The van der Waals surface area contributed by atoms with E-state index in [1.165, 1.54) is 12.8 Å². The Morgan fingerprint density at radius 2 is 1.79 bits per heavy atom. The standard InChI is InChI=1S/C13H22Cl2N4/c1-8(2)5-4-6-9(3)17-12-10(14)7-11(15)13(18-12)19-16/h7-9H,4-6,16H2,1-3H3,(H2,17,18,19). The number of nitrogens with one attached hydrogen (secondary N) is 2. The Morgan fingerprint density at radius 3 is 2.37 bits per heavy atom. The minimum Gasteiger partial charge on any atom is -0.366 e. The van der Waals surface area contributed by atoms with Crippen LogP contribution in [0.1, 0.15) is 40.0 Å². The molecule has 0 saturated heterocycles. The maximum atomic E-state index is 6.11. The van der Waals surface area contributed by atoms with Gasteiger partial charge in [-0.05, 0) is 25.3 Å². The number of pyridine rings is 1. The fourth-order valence-electron chi connectivity index (χ4n) is 1.81. The van der Waals surface area contributed by atoms with Crippen LogP contribution < -0.4 is 16.6 Å². The summed E-state index contributed by atoms with van der Waals surface area (Å²) in [6.45, 7) is 6.58. The molecule has 1 unspecified atom stereocenters. The molecule has 1 atom stereocenters. The summed E-state index contributed by atoms with van der Waals surface area (Å²) in [6, 6.07) is 1.93. The fourth-order valence-corrected chi connectivity index (χ4v) is 2.27. The number of hydrazine groups is 1. The van der Waals surface area contributed by atoms with E-state index >= 15 is 0 Å². The summed E-state index contributed by atoms with van der Waals surface area (Å²) in [7, 11) is 0. The van der Waals surface area contributed by atoms with Crippen molar-refractivity contribution in [1.82, 2.24) is 4.98 Å². The van der Waals surface area contributed by atoms with Crippen LogP contribution in [0.25, 0.3) is 0 Å². The van der Waals surface area contributed by atoms with E-state index in [1.807, 2.05) is 0 Å². The molecule has 4 N–H and O–H groups in total. The monoisotopic (exact) mass is 304 g/mol. The number of aromatic nitrogens is 1. The molecular weight excluding hydrogens is 283 g/mol. The first kappa shape index (κ1) is 16.3. The maximum absolute atomic E-state index is 6.11. The Balaban J connectivity index is 2.60. The van der Waals surface area contributed by atoms with Gasteiger partial charge in [-0.25, -0.2) is 10.8 Å². The van der Waals surface area contributed by atoms with Crippen LogP contribution in [0.3, 0.4) is 0 Å². The molecule has 0 bridgehead atoms. The highest BCUT2D eigenvalue weighted by Crippen LogP contribution is 2.29. The molecule has 6 heteroatoms.